The topological polar surface area (TPSA) is 20.2 Å². The Morgan fingerprint density at radius 2 is 1.79 bits per heavy atom. The first-order valence-electron chi connectivity index (χ1n) is 6.16. The third-order valence-corrected chi connectivity index (χ3v) is 3.63. The van der Waals surface area contributed by atoms with E-state index in [9.17, 15) is 5.11 Å². The molecular weight excluding hydrogens is 256 g/mol. The summed E-state index contributed by atoms with van der Waals surface area (Å²) in [7, 11) is 0. The maximum absolute atomic E-state index is 10.3. The highest BCUT2D eigenvalue weighted by molar-refractivity contribution is 6.33. The third kappa shape index (κ3) is 2.66. The first-order chi connectivity index (χ1) is 9.10. The van der Waals surface area contributed by atoms with Crippen LogP contribution in [0, 0.1) is 12.3 Å². The summed E-state index contributed by atoms with van der Waals surface area (Å²) in [5, 5.41) is 11.0. The van der Waals surface area contributed by atoms with Gasteiger partial charge in [0.05, 0.1) is 0 Å². The van der Waals surface area contributed by atoms with Crippen molar-refractivity contribution in [2.45, 2.75) is 18.9 Å². The van der Waals surface area contributed by atoms with Gasteiger partial charge in [-0.1, -0.05) is 66.9 Å². The molecule has 0 aliphatic heterocycles. The van der Waals surface area contributed by atoms with Crippen LogP contribution in [0.15, 0.2) is 48.5 Å². The zero-order valence-corrected chi connectivity index (χ0v) is 11.5. The molecule has 2 aromatic carbocycles. The molecule has 96 valence electrons. The Balaban J connectivity index is 2.40. The van der Waals surface area contributed by atoms with Gasteiger partial charge in [0.1, 0.15) is 5.60 Å². The Bertz CT molecular complexity index is 610. The van der Waals surface area contributed by atoms with Crippen LogP contribution < -0.4 is 0 Å². The van der Waals surface area contributed by atoms with Crippen LogP contribution in [0.3, 0.4) is 0 Å². The summed E-state index contributed by atoms with van der Waals surface area (Å²) in [6.07, 6.45) is 5.88. The molecular formula is C17H15ClO. The Morgan fingerprint density at radius 3 is 2.32 bits per heavy atom. The van der Waals surface area contributed by atoms with Gasteiger partial charge in [-0.3, -0.25) is 0 Å². The fourth-order valence-corrected chi connectivity index (χ4v) is 2.26. The minimum atomic E-state index is -1.20. The molecule has 0 fully saturated rings. The average molecular weight is 271 g/mol. The Labute approximate surface area is 118 Å². The molecule has 0 aliphatic carbocycles. The molecule has 1 nitrogen and oxygen atoms in total. The van der Waals surface area contributed by atoms with Gasteiger partial charge in [0.2, 0.25) is 0 Å². The highest BCUT2D eigenvalue weighted by Gasteiger charge is 2.23. The Hall–Kier alpha value is -1.75. The molecule has 0 spiro atoms. The van der Waals surface area contributed by atoms with Crippen LogP contribution in [0.25, 0.3) is 11.1 Å². The van der Waals surface area contributed by atoms with Crippen molar-refractivity contribution < 1.29 is 5.11 Å². The van der Waals surface area contributed by atoms with Crippen molar-refractivity contribution in [2.75, 3.05) is 0 Å². The molecule has 0 aromatic heterocycles. The van der Waals surface area contributed by atoms with Crippen LogP contribution in [-0.2, 0) is 5.60 Å². The quantitative estimate of drug-likeness (QED) is 0.827. The zero-order valence-electron chi connectivity index (χ0n) is 10.7. The van der Waals surface area contributed by atoms with Crippen molar-refractivity contribution in [3.8, 4) is 23.5 Å². The lowest BCUT2D eigenvalue weighted by Gasteiger charge is -2.21. The van der Waals surface area contributed by atoms with E-state index >= 15 is 0 Å². The van der Waals surface area contributed by atoms with Crippen molar-refractivity contribution >= 4 is 11.6 Å². The number of terminal acetylenes is 1. The molecule has 0 amide bonds. The van der Waals surface area contributed by atoms with Gasteiger partial charge in [0.25, 0.3) is 0 Å². The number of rotatable bonds is 3. The molecule has 0 saturated heterocycles. The largest absolute Gasteiger partial charge is 0.373 e. The lowest BCUT2D eigenvalue weighted by molar-refractivity contribution is 0.0962. The van der Waals surface area contributed by atoms with E-state index in [1.165, 1.54) is 0 Å². The number of benzene rings is 2. The lowest BCUT2D eigenvalue weighted by Crippen LogP contribution is -2.21. The second-order valence-electron chi connectivity index (χ2n) is 4.42. The molecule has 2 aromatic rings. The van der Waals surface area contributed by atoms with Crippen molar-refractivity contribution in [3.63, 3.8) is 0 Å². The first-order valence-corrected chi connectivity index (χ1v) is 6.54. The molecule has 0 heterocycles. The summed E-state index contributed by atoms with van der Waals surface area (Å²) >= 11 is 6.16. The van der Waals surface area contributed by atoms with E-state index in [4.69, 9.17) is 18.0 Å². The third-order valence-electron chi connectivity index (χ3n) is 3.30. The predicted molar refractivity (Wildman–Crippen MR) is 79.9 cm³/mol. The first kappa shape index (κ1) is 13.7. The number of hydrogen-bond donors (Lipinski definition) is 1. The fraction of sp³-hybridized carbons (Fsp3) is 0.176. The van der Waals surface area contributed by atoms with Crippen LogP contribution in [0.5, 0.6) is 0 Å². The van der Waals surface area contributed by atoms with Gasteiger partial charge in [-0.05, 0) is 23.6 Å². The van der Waals surface area contributed by atoms with Crippen molar-refractivity contribution in [3.05, 3.63) is 59.1 Å². The SMILES string of the molecule is C#CC(O)(CC)c1ccc(-c2ccccc2Cl)cc1. The van der Waals surface area contributed by atoms with Gasteiger partial charge < -0.3 is 5.11 Å². The zero-order chi connectivity index (χ0) is 13.9. The van der Waals surface area contributed by atoms with Gasteiger partial charge in [0, 0.05) is 10.6 Å². The van der Waals surface area contributed by atoms with Gasteiger partial charge in [-0.25, -0.2) is 0 Å². The van der Waals surface area contributed by atoms with Crippen LogP contribution in [0.2, 0.25) is 5.02 Å². The highest BCUT2D eigenvalue weighted by Crippen LogP contribution is 2.30. The average Bonchev–Trinajstić information content (AvgIpc) is 2.47. The van der Waals surface area contributed by atoms with E-state index in [1.807, 2.05) is 55.5 Å². The van der Waals surface area contributed by atoms with Crippen LogP contribution in [0.4, 0.5) is 0 Å². The van der Waals surface area contributed by atoms with Crippen LogP contribution in [0.1, 0.15) is 18.9 Å². The van der Waals surface area contributed by atoms with E-state index in [1.54, 1.807) is 0 Å². The van der Waals surface area contributed by atoms with E-state index < -0.39 is 5.60 Å². The fourth-order valence-electron chi connectivity index (χ4n) is 2.01. The van der Waals surface area contributed by atoms with Crippen molar-refractivity contribution in [1.82, 2.24) is 0 Å². The lowest BCUT2D eigenvalue weighted by atomic mass is 9.90. The van der Waals surface area contributed by atoms with Crippen molar-refractivity contribution in [1.29, 1.82) is 0 Å². The predicted octanol–water partition coefficient (Wildman–Crippen LogP) is 4.24. The molecule has 2 heteroatoms. The van der Waals surface area contributed by atoms with Crippen LogP contribution in [-0.4, -0.2) is 5.11 Å². The molecule has 0 radical (unpaired) electrons. The monoisotopic (exact) mass is 270 g/mol. The van der Waals surface area contributed by atoms with Crippen LogP contribution >= 0.6 is 11.6 Å². The normalized spacial score (nSPS) is 13.6. The van der Waals surface area contributed by atoms with Crippen molar-refractivity contribution in [2.24, 2.45) is 0 Å². The maximum atomic E-state index is 10.3. The standard InChI is InChI=1S/C17H15ClO/c1-3-17(19,4-2)14-11-9-13(10-12-14)15-7-5-6-8-16(15)18/h1,5-12,19H,4H2,2H3. The van der Waals surface area contributed by atoms with Gasteiger partial charge in [-0.15, -0.1) is 6.42 Å². The molecule has 0 bridgehead atoms. The summed E-state index contributed by atoms with van der Waals surface area (Å²) in [4.78, 5) is 0. The second-order valence-corrected chi connectivity index (χ2v) is 4.82. The molecule has 0 aliphatic rings. The number of hydrogen-bond acceptors (Lipinski definition) is 1. The van der Waals surface area contributed by atoms with E-state index in [-0.39, 0.29) is 0 Å². The summed E-state index contributed by atoms with van der Waals surface area (Å²) in [6, 6.07) is 15.2. The van der Waals surface area contributed by atoms with E-state index in [2.05, 4.69) is 5.92 Å². The second kappa shape index (κ2) is 5.48. The summed E-state index contributed by atoms with van der Waals surface area (Å²) < 4.78 is 0. The number of aliphatic hydroxyl groups is 1. The minimum Gasteiger partial charge on any atom is -0.373 e. The molecule has 19 heavy (non-hydrogen) atoms. The number of halogens is 1. The summed E-state index contributed by atoms with van der Waals surface area (Å²) in [5.74, 6) is 2.44. The maximum Gasteiger partial charge on any atom is 0.150 e. The molecule has 1 unspecified atom stereocenters. The minimum absolute atomic E-state index is 0.481. The molecule has 1 atom stereocenters. The Morgan fingerprint density at radius 1 is 1.16 bits per heavy atom. The molecule has 1 N–H and O–H groups in total. The van der Waals surface area contributed by atoms with E-state index in [0.717, 1.165) is 16.7 Å². The summed E-state index contributed by atoms with van der Waals surface area (Å²) in [5.41, 5.74) is 1.51. The van der Waals surface area contributed by atoms with E-state index in [0.29, 0.717) is 11.4 Å². The molecule has 2 rings (SSSR count). The summed E-state index contributed by atoms with van der Waals surface area (Å²) in [6.45, 7) is 1.86. The van der Waals surface area contributed by atoms with Gasteiger partial charge in [-0.2, -0.15) is 0 Å². The molecule has 0 saturated carbocycles. The van der Waals surface area contributed by atoms with Gasteiger partial charge >= 0.3 is 0 Å². The Kier molecular flexibility index (Phi) is 3.95. The smallest absolute Gasteiger partial charge is 0.150 e. The van der Waals surface area contributed by atoms with Gasteiger partial charge in [0.15, 0.2) is 0 Å². The highest BCUT2D eigenvalue weighted by atomic mass is 35.5.